The van der Waals surface area contributed by atoms with Crippen molar-refractivity contribution in [2.24, 2.45) is 16.3 Å². The van der Waals surface area contributed by atoms with Gasteiger partial charge in [-0.05, 0) is 43.4 Å². The van der Waals surface area contributed by atoms with Crippen LogP contribution < -0.4 is 16.0 Å². The van der Waals surface area contributed by atoms with Gasteiger partial charge in [0, 0.05) is 32.2 Å². The van der Waals surface area contributed by atoms with Crippen LogP contribution in [0.2, 0.25) is 0 Å². The van der Waals surface area contributed by atoms with Crippen molar-refractivity contribution in [1.29, 1.82) is 0 Å². The second-order valence-electron chi connectivity index (χ2n) is 6.06. The Morgan fingerprint density at radius 2 is 2.10 bits per heavy atom. The molecule has 0 radical (unpaired) electrons. The Morgan fingerprint density at radius 1 is 1.38 bits per heavy atom. The average Bonchev–Trinajstić information content (AvgIpc) is 3.27. The number of para-hydroxylation sites is 1. The van der Waals surface area contributed by atoms with E-state index in [-0.39, 0.29) is 5.41 Å². The molecule has 1 aliphatic carbocycles. The largest absolute Gasteiger partial charge is 0.409 e. The highest BCUT2D eigenvalue weighted by Gasteiger charge is 2.42. The fraction of sp³-hybridized carbons (Fsp3) is 0.562. The second kappa shape index (κ2) is 7.31. The number of amidine groups is 1. The lowest BCUT2D eigenvalue weighted by Gasteiger charge is -2.20. The lowest BCUT2D eigenvalue weighted by molar-refractivity contribution is 0.314. The average molecular weight is 290 g/mol. The van der Waals surface area contributed by atoms with Gasteiger partial charge in [-0.15, -0.1) is 0 Å². The van der Waals surface area contributed by atoms with E-state index in [9.17, 15) is 0 Å². The van der Waals surface area contributed by atoms with Crippen molar-refractivity contribution in [2.45, 2.75) is 25.7 Å². The Bertz CT molecular complexity index is 457. The summed E-state index contributed by atoms with van der Waals surface area (Å²) in [5, 5.41) is 15.2. The summed E-state index contributed by atoms with van der Waals surface area (Å²) >= 11 is 0. The summed E-state index contributed by atoms with van der Waals surface area (Å²) in [5.74, 6) is 0.345. The summed E-state index contributed by atoms with van der Waals surface area (Å²) in [4.78, 5) is 2.27. The maximum Gasteiger partial charge on any atom is 0.139 e. The number of rotatable bonds is 9. The predicted octanol–water partition coefficient (Wildman–Crippen LogP) is 2.02. The van der Waals surface area contributed by atoms with E-state index in [4.69, 9.17) is 10.9 Å². The molecule has 0 atom stereocenters. The standard InChI is InChI=1S/C16H26N4O/c1-20(14-6-3-2-4-7-14)11-5-10-18-13-16(8-9-16)12-15(17)19-21/h2-4,6-7,18,21H,5,8-13H2,1H3,(H2,17,19). The maximum absolute atomic E-state index is 8.64. The molecule has 0 saturated heterocycles. The lowest BCUT2D eigenvalue weighted by atomic mass is 10.0. The third-order valence-electron chi connectivity index (χ3n) is 4.19. The summed E-state index contributed by atoms with van der Waals surface area (Å²) in [6.45, 7) is 2.98. The minimum atomic E-state index is 0.238. The molecule has 0 unspecified atom stereocenters. The highest BCUT2D eigenvalue weighted by atomic mass is 16.4. The van der Waals surface area contributed by atoms with E-state index in [1.165, 1.54) is 18.5 Å². The molecule has 21 heavy (non-hydrogen) atoms. The number of nitrogens with zero attached hydrogens (tertiary/aromatic N) is 2. The van der Waals surface area contributed by atoms with E-state index < -0.39 is 0 Å². The Labute approximate surface area is 126 Å². The molecule has 0 heterocycles. The smallest absolute Gasteiger partial charge is 0.139 e. The summed E-state index contributed by atoms with van der Waals surface area (Å²) in [6, 6.07) is 10.4. The van der Waals surface area contributed by atoms with Gasteiger partial charge in [0.2, 0.25) is 0 Å². The van der Waals surface area contributed by atoms with Gasteiger partial charge in [0.1, 0.15) is 5.84 Å². The maximum atomic E-state index is 8.64. The normalized spacial score (nSPS) is 16.7. The van der Waals surface area contributed by atoms with Gasteiger partial charge in [0.25, 0.3) is 0 Å². The predicted molar refractivity (Wildman–Crippen MR) is 86.9 cm³/mol. The third-order valence-corrected chi connectivity index (χ3v) is 4.19. The monoisotopic (exact) mass is 290 g/mol. The van der Waals surface area contributed by atoms with Crippen LogP contribution in [-0.2, 0) is 0 Å². The first-order valence-corrected chi connectivity index (χ1v) is 7.58. The van der Waals surface area contributed by atoms with Crippen LogP contribution in [0.1, 0.15) is 25.7 Å². The molecular weight excluding hydrogens is 264 g/mol. The number of nitrogens with two attached hydrogens (primary N) is 1. The van der Waals surface area contributed by atoms with Gasteiger partial charge in [0.15, 0.2) is 0 Å². The molecule has 5 nitrogen and oxygen atoms in total. The van der Waals surface area contributed by atoms with Crippen molar-refractivity contribution in [2.75, 3.05) is 31.6 Å². The van der Waals surface area contributed by atoms with E-state index in [0.29, 0.717) is 12.3 Å². The Balaban J connectivity index is 1.60. The molecule has 1 aliphatic rings. The van der Waals surface area contributed by atoms with Crippen LogP contribution in [0.4, 0.5) is 5.69 Å². The molecule has 0 spiro atoms. The number of oxime groups is 1. The van der Waals surface area contributed by atoms with Crippen molar-refractivity contribution < 1.29 is 5.21 Å². The van der Waals surface area contributed by atoms with Crippen molar-refractivity contribution in [3.63, 3.8) is 0 Å². The minimum Gasteiger partial charge on any atom is -0.409 e. The van der Waals surface area contributed by atoms with Gasteiger partial charge in [0.05, 0.1) is 0 Å². The zero-order valence-corrected chi connectivity index (χ0v) is 12.8. The van der Waals surface area contributed by atoms with Crippen molar-refractivity contribution >= 4 is 11.5 Å². The molecule has 0 aromatic heterocycles. The zero-order valence-electron chi connectivity index (χ0n) is 12.8. The molecule has 2 rings (SSSR count). The summed E-state index contributed by atoms with van der Waals surface area (Å²) < 4.78 is 0. The molecule has 1 aromatic rings. The number of benzene rings is 1. The zero-order chi connectivity index (χ0) is 15.1. The van der Waals surface area contributed by atoms with E-state index >= 15 is 0 Å². The fourth-order valence-corrected chi connectivity index (χ4v) is 2.62. The molecule has 1 saturated carbocycles. The minimum absolute atomic E-state index is 0.238. The highest BCUT2D eigenvalue weighted by molar-refractivity contribution is 5.80. The lowest BCUT2D eigenvalue weighted by Crippen LogP contribution is -2.30. The van der Waals surface area contributed by atoms with Crippen molar-refractivity contribution in [3.8, 4) is 0 Å². The second-order valence-corrected chi connectivity index (χ2v) is 6.06. The quantitative estimate of drug-likeness (QED) is 0.214. The Morgan fingerprint density at radius 3 is 2.71 bits per heavy atom. The molecule has 0 amide bonds. The van der Waals surface area contributed by atoms with E-state index in [1.54, 1.807) is 0 Å². The molecule has 5 heteroatoms. The third kappa shape index (κ3) is 4.93. The molecule has 0 bridgehead atoms. The van der Waals surface area contributed by atoms with Gasteiger partial charge in [-0.3, -0.25) is 0 Å². The van der Waals surface area contributed by atoms with E-state index in [2.05, 4.69) is 46.7 Å². The Kier molecular flexibility index (Phi) is 5.44. The Hall–Kier alpha value is -1.75. The van der Waals surface area contributed by atoms with Crippen LogP contribution in [0.25, 0.3) is 0 Å². The summed E-state index contributed by atoms with van der Waals surface area (Å²) in [6.07, 6.45) is 4.13. The summed E-state index contributed by atoms with van der Waals surface area (Å²) in [7, 11) is 2.12. The van der Waals surface area contributed by atoms with Crippen LogP contribution in [0.5, 0.6) is 0 Å². The molecule has 1 aromatic carbocycles. The van der Waals surface area contributed by atoms with Gasteiger partial charge in [-0.25, -0.2) is 0 Å². The number of hydrogen-bond acceptors (Lipinski definition) is 4. The van der Waals surface area contributed by atoms with Gasteiger partial charge >= 0.3 is 0 Å². The van der Waals surface area contributed by atoms with Crippen LogP contribution in [0.3, 0.4) is 0 Å². The van der Waals surface area contributed by atoms with Crippen molar-refractivity contribution in [3.05, 3.63) is 30.3 Å². The molecule has 1 fully saturated rings. The number of anilines is 1. The number of nitrogens with one attached hydrogen (secondary N) is 1. The first-order valence-electron chi connectivity index (χ1n) is 7.58. The fourth-order valence-electron chi connectivity index (χ4n) is 2.62. The van der Waals surface area contributed by atoms with Crippen LogP contribution in [0.15, 0.2) is 35.5 Å². The molecular formula is C16H26N4O. The van der Waals surface area contributed by atoms with Gasteiger partial charge < -0.3 is 21.2 Å². The van der Waals surface area contributed by atoms with Crippen LogP contribution in [0, 0.1) is 5.41 Å². The molecule has 0 aliphatic heterocycles. The van der Waals surface area contributed by atoms with Gasteiger partial charge in [-0.2, -0.15) is 0 Å². The topological polar surface area (TPSA) is 73.9 Å². The van der Waals surface area contributed by atoms with E-state index in [1.807, 2.05) is 6.07 Å². The first-order chi connectivity index (χ1) is 10.2. The highest BCUT2D eigenvalue weighted by Crippen LogP contribution is 2.48. The van der Waals surface area contributed by atoms with Gasteiger partial charge in [-0.1, -0.05) is 23.4 Å². The molecule has 116 valence electrons. The summed E-state index contributed by atoms with van der Waals surface area (Å²) in [5.41, 5.74) is 7.09. The van der Waals surface area contributed by atoms with E-state index in [0.717, 1.165) is 26.1 Å². The first kappa shape index (κ1) is 15.6. The van der Waals surface area contributed by atoms with Crippen LogP contribution >= 0.6 is 0 Å². The SMILES string of the molecule is CN(CCCNCC1(CC(N)=NO)CC1)c1ccccc1. The van der Waals surface area contributed by atoms with Crippen LogP contribution in [-0.4, -0.2) is 37.7 Å². The van der Waals surface area contributed by atoms with Crippen molar-refractivity contribution in [1.82, 2.24) is 5.32 Å². The number of hydrogen-bond donors (Lipinski definition) is 3. The molecule has 4 N–H and O–H groups in total.